The Morgan fingerprint density at radius 2 is 1.97 bits per heavy atom. The number of nitrogens with zero attached hydrogens (tertiary/aromatic N) is 4. The van der Waals surface area contributed by atoms with Gasteiger partial charge in [0.25, 0.3) is 0 Å². The van der Waals surface area contributed by atoms with Crippen LogP contribution in [0.4, 0.5) is 5.82 Å². The summed E-state index contributed by atoms with van der Waals surface area (Å²) in [6.07, 6.45) is 0.569. The third-order valence-corrected chi connectivity index (χ3v) is 6.57. The highest BCUT2D eigenvalue weighted by Crippen LogP contribution is 2.33. The smallest absolute Gasteiger partial charge is 0.157 e. The Kier molecular flexibility index (Phi) is 4.77. The molecule has 30 heavy (non-hydrogen) atoms. The van der Waals surface area contributed by atoms with Crippen LogP contribution < -0.4 is 5.32 Å². The van der Waals surface area contributed by atoms with Crippen molar-refractivity contribution in [2.75, 3.05) is 5.32 Å². The Balaban J connectivity index is 1.49. The van der Waals surface area contributed by atoms with E-state index in [4.69, 9.17) is 10.1 Å². The standard InChI is InChI=1S/C22H22N5O2S/c1-12-10-16(21(29)20(12)28)24-17-8-9-23-18-11-15(26-27(17)18)19-13(2)30-22(25-19)14-6-4-3-5-7-14/h3-9,11-12,16,20-21,24,28-29H,1,10H2,2H3/t12-,16-,20-,21+/m1/s1. The fourth-order valence-corrected chi connectivity index (χ4v) is 4.84. The molecular weight excluding hydrogens is 398 g/mol. The van der Waals surface area contributed by atoms with Crippen molar-refractivity contribution in [3.05, 3.63) is 60.5 Å². The zero-order valence-electron chi connectivity index (χ0n) is 16.4. The van der Waals surface area contributed by atoms with Gasteiger partial charge in [-0.15, -0.1) is 11.3 Å². The molecule has 4 atom stereocenters. The van der Waals surface area contributed by atoms with Gasteiger partial charge >= 0.3 is 0 Å². The molecule has 4 aromatic rings. The number of hydrogen-bond acceptors (Lipinski definition) is 7. The molecule has 0 aliphatic heterocycles. The average Bonchev–Trinajstić information content (AvgIpc) is 3.42. The van der Waals surface area contributed by atoms with Crippen molar-refractivity contribution in [3.63, 3.8) is 0 Å². The first-order chi connectivity index (χ1) is 14.5. The molecule has 0 unspecified atom stereocenters. The molecule has 1 aliphatic carbocycles. The van der Waals surface area contributed by atoms with E-state index < -0.39 is 12.2 Å². The van der Waals surface area contributed by atoms with Crippen LogP contribution in [0.1, 0.15) is 11.3 Å². The summed E-state index contributed by atoms with van der Waals surface area (Å²) in [6, 6.07) is 13.5. The van der Waals surface area contributed by atoms with E-state index in [0.29, 0.717) is 17.9 Å². The van der Waals surface area contributed by atoms with Crippen LogP contribution in [0, 0.1) is 19.8 Å². The first-order valence-electron chi connectivity index (χ1n) is 9.85. The van der Waals surface area contributed by atoms with Gasteiger partial charge in [0.2, 0.25) is 0 Å². The Bertz CT molecular complexity index is 1190. The number of fused-ring (bicyclic) bond motifs is 1. The van der Waals surface area contributed by atoms with E-state index in [0.717, 1.165) is 26.8 Å². The molecule has 0 amide bonds. The molecule has 3 N–H and O–H groups in total. The lowest BCUT2D eigenvalue weighted by atomic mass is 10.1. The predicted octanol–water partition coefficient (Wildman–Crippen LogP) is 3.18. The highest BCUT2D eigenvalue weighted by Gasteiger charge is 2.39. The predicted molar refractivity (Wildman–Crippen MR) is 117 cm³/mol. The number of benzene rings is 1. The van der Waals surface area contributed by atoms with Crippen molar-refractivity contribution >= 4 is 22.8 Å². The van der Waals surface area contributed by atoms with Crippen molar-refractivity contribution < 1.29 is 10.2 Å². The number of aryl methyl sites for hydroxylation is 1. The van der Waals surface area contributed by atoms with Crippen molar-refractivity contribution in [3.8, 4) is 22.0 Å². The van der Waals surface area contributed by atoms with Gasteiger partial charge in [0.05, 0.1) is 12.1 Å². The molecule has 153 valence electrons. The Morgan fingerprint density at radius 1 is 1.17 bits per heavy atom. The summed E-state index contributed by atoms with van der Waals surface area (Å²) in [5.41, 5.74) is 3.35. The molecule has 3 aromatic heterocycles. The molecule has 0 spiro atoms. The van der Waals surface area contributed by atoms with Crippen LogP contribution in [0.3, 0.4) is 0 Å². The highest BCUT2D eigenvalue weighted by atomic mass is 32.1. The summed E-state index contributed by atoms with van der Waals surface area (Å²) >= 11 is 1.64. The number of anilines is 1. The monoisotopic (exact) mass is 420 g/mol. The lowest BCUT2D eigenvalue weighted by Gasteiger charge is -2.19. The number of aliphatic hydroxyl groups is 2. The number of rotatable bonds is 4. The summed E-state index contributed by atoms with van der Waals surface area (Å²) < 4.78 is 1.71. The van der Waals surface area contributed by atoms with E-state index >= 15 is 0 Å². The zero-order chi connectivity index (χ0) is 20.8. The van der Waals surface area contributed by atoms with Gasteiger partial charge in [-0.1, -0.05) is 30.3 Å². The van der Waals surface area contributed by atoms with E-state index in [2.05, 4.69) is 17.2 Å². The van der Waals surface area contributed by atoms with Gasteiger partial charge in [-0.2, -0.15) is 9.61 Å². The van der Waals surface area contributed by atoms with Crippen LogP contribution in [0.15, 0.2) is 48.7 Å². The van der Waals surface area contributed by atoms with Gasteiger partial charge in [0.15, 0.2) is 5.65 Å². The molecule has 0 bridgehead atoms. The number of aliphatic hydroxyl groups excluding tert-OH is 2. The van der Waals surface area contributed by atoms with E-state index in [-0.39, 0.29) is 12.0 Å². The highest BCUT2D eigenvalue weighted by molar-refractivity contribution is 7.15. The molecule has 1 radical (unpaired) electrons. The fourth-order valence-electron chi connectivity index (χ4n) is 3.91. The number of nitrogens with one attached hydrogen (secondary N) is 1. The summed E-state index contributed by atoms with van der Waals surface area (Å²) in [6.45, 7) is 5.95. The number of thiazole rings is 1. The molecule has 1 fully saturated rings. The minimum absolute atomic E-state index is 0.211. The minimum atomic E-state index is -0.875. The number of aromatic nitrogens is 4. The molecule has 1 aromatic carbocycles. The van der Waals surface area contributed by atoms with Gasteiger partial charge < -0.3 is 15.5 Å². The molecular formula is C22H22N5O2S. The SMILES string of the molecule is [CH2][C@@H]1C[C@@H](Nc2ccnc3cc(-c4nc(-c5ccccc5)sc4C)nn23)[C@H](O)[C@@H]1O. The van der Waals surface area contributed by atoms with Gasteiger partial charge in [-0.3, -0.25) is 0 Å². The van der Waals surface area contributed by atoms with Gasteiger partial charge in [-0.25, -0.2) is 9.97 Å². The van der Waals surface area contributed by atoms with Crippen LogP contribution in [-0.2, 0) is 0 Å². The van der Waals surface area contributed by atoms with Gasteiger partial charge in [0.1, 0.15) is 28.3 Å². The molecule has 3 heterocycles. The Morgan fingerprint density at radius 3 is 2.70 bits per heavy atom. The Labute approximate surface area is 178 Å². The number of hydrogen-bond donors (Lipinski definition) is 3. The molecule has 0 saturated heterocycles. The minimum Gasteiger partial charge on any atom is -0.390 e. The summed E-state index contributed by atoms with van der Waals surface area (Å²) in [5.74, 6) is 0.491. The van der Waals surface area contributed by atoms with Crippen molar-refractivity contribution in [1.82, 2.24) is 19.6 Å². The second-order valence-corrected chi connectivity index (χ2v) is 8.85. The van der Waals surface area contributed by atoms with Crippen LogP contribution in [-0.4, -0.2) is 48.0 Å². The van der Waals surface area contributed by atoms with E-state index in [1.165, 1.54) is 0 Å². The lowest BCUT2D eigenvalue weighted by molar-refractivity contribution is 0.0256. The van der Waals surface area contributed by atoms with Crippen molar-refractivity contribution in [2.45, 2.75) is 31.6 Å². The maximum Gasteiger partial charge on any atom is 0.157 e. The lowest BCUT2D eigenvalue weighted by Crippen LogP contribution is -2.35. The second-order valence-electron chi connectivity index (χ2n) is 7.65. The summed E-state index contributed by atoms with van der Waals surface area (Å²) in [7, 11) is 0. The first-order valence-corrected chi connectivity index (χ1v) is 10.7. The fraction of sp³-hybridized carbons (Fsp3) is 0.273. The summed E-state index contributed by atoms with van der Waals surface area (Å²) in [4.78, 5) is 10.3. The normalized spacial score (nSPS) is 23.9. The molecule has 1 aliphatic rings. The topological polar surface area (TPSA) is 95.6 Å². The average molecular weight is 421 g/mol. The van der Waals surface area contributed by atoms with Crippen molar-refractivity contribution in [2.24, 2.45) is 5.92 Å². The van der Waals surface area contributed by atoms with Crippen LogP contribution in [0.2, 0.25) is 0 Å². The van der Waals surface area contributed by atoms with Crippen LogP contribution >= 0.6 is 11.3 Å². The van der Waals surface area contributed by atoms with Crippen LogP contribution in [0.25, 0.3) is 27.6 Å². The van der Waals surface area contributed by atoms with Gasteiger partial charge in [-0.05, 0) is 32.3 Å². The molecule has 5 rings (SSSR count). The quantitative estimate of drug-likeness (QED) is 0.469. The second kappa shape index (κ2) is 7.46. The third kappa shape index (κ3) is 3.27. The van der Waals surface area contributed by atoms with E-state index in [1.807, 2.05) is 49.4 Å². The maximum atomic E-state index is 10.3. The molecule has 8 heteroatoms. The Hall–Kier alpha value is -2.81. The molecule has 1 saturated carbocycles. The largest absolute Gasteiger partial charge is 0.390 e. The zero-order valence-corrected chi connectivity index (χ0v) is 17.3. The summed E-state index contributed by atoms with van der Waals surface area (Å²) in [5, 5.41) is 29.3. The maximum absolute atomic E-state index is 10.3. The first kappa shape index (κ1) is 19.2. The van der Waals surface area contributed by atoms with E-state index in [9.17, 15) is 10.2 Å². The third-order valence-electron chi connectivity index (χ3n) is 5.55. The van der Waals surface area contributed by atoms with Gasteiger partial charge in [0, 0.05) is 22.7 Å². The van der Waals surface area contributed by atoms with E-state index in [1.54, 1.807) is 22.0 Å². The van der Waals surface area contributed by atoms with Crippen LogP contribution in [0.5, 0.6) is 0 Å². The van der Waals surface area contributed by atoms with Crippen molar-refractivity contribution in [1.29, 1.82) is 0 Å². The molecule has 7 nitrogen and oxygen atoms in total.